The lowest BCUT2D eigenvalue weighted by Crippen LogP contribution is -2.23. The molecule has 0 aliphatic rings. The van der Waals surface area contributed by atoms with Crippen molar-refractivity contribution in [3.05, 3.63) is 58.9 Å². The molecule has 1 aromatic heterocycles. The maximum Gasteiger partial charge on any atom is 0.270 e. The first-order chi connectivity index (χ1) is 10.2. The molecule has 0 unspecified atom stereocenters. The molecule has 0 saturated heterocycles. The van der Waals surface area contributed by atoms with Crippen LogP contribution in [-0.2, 0) is 6.54 Å². The fraction of sp³-hybridized carbons (Fsp3) is 0.250. The summed E-state index contributed by atoms with van der Waals surface area (Å²) < 4.78 is 0. The molecule has 1 aromatic carbocycles. The minimum Gasteiger partial charge on any atom is -0.384 e. The smallest absolute Gasteiger partial charge is 0.270 e. The largest absolute Gasteiger partial charge is 0.384 e. The van der Waals surface area contributed by atoms with Crippen molar-refractivity contribution >= 4 is 23.2 Å². The van der Waals surface area contributed by atoms with Crippen LogP contribution in [-0.4, -0.2) is 17.4 Å². The first-order valence-corrected chi connectivity index (χ1v) is 7.30. The van der Waals surface area contributed by atoms with E-state index in [-0.39, 0.29) is 5.91 Å². The summed E-state index contributed by atoms with van der Waals surface area (Å²) in [6, 6.07) is 11.0. The van der Waals surface area contributed by atoms with E-state index in [2.05, 4.69) is 22.5 Å². The molecule has 0 spiro atoms. The van der Waals surface area contributed by atoms with Crippen LogP contribution < -0.4 is 10.6 Å². The third kappa shape index (κ3) is 4.46. The Labute approximate surface area is 129 Å². The summed E-state index contributed by atoms with van der Waals surface area (Å²) in [5.74, 6) is -0.211. The summed E-state index contributed by atoms with van der Waals surface area (Å²) in [5.41, 5.74) is 2.19. The number of halogens is 1. The summed E-state index contributed by atoms with van der Waals surface area (Å²) in [6.45, 7) is 3.37. The molecule has 0 bridgehead atoms. The van der Waals surface area contributed by atoms with E-state index in [9.17, 15) is 4.79 Å². The molecule has 2 rings (SSSR count). The summed E-state index contributed by atoms with van der Waals surface area (Å²) in [6.07, 6.45) is 2.71. The van der Waals surface area contributed by atoms with Crippen molar-refractivity contribution in [3.63, 3.8) is 0 Å². The predicted molar refractivity (Wildman–Crippen MR) is 85.6 cm³/mol. The van der Waals surface area contributed by atoms with Gasteiger partial charge in [-0.05, 0) is 30.2 Å². The number of carbonyl (C=O) groups excluding carboxylic acids is 1. The second kappa shape index (κ2) is 7.64. The number of hydrogen-bond donors (Lipinski definition) is 2. The van der Waals surface area contributed by atoms with Crippen LogP contribution in [0.4, 0.5) is 5.69 Å². The number of carbonyl (C=O) groups is 1. The number of pyridine rings is 1. The van der Waals surface area contributed by atoms with E-state index >= 15 is 0 Å². The number of aromatic nitrogens is 1. The molecular weight excluding hydrogens is 286 g/mol. The molecule has 2 aromatic rings. The summed E-state index contributed by atoms with van der Waals surface area (Å²) in [5, 5.41) is 6.67. The minimum absolute atomic E-state index is 0.211. The van der Waals surface area contributed by atoms with Gasteiger partial charge in [-0.15, -0.1) is 0 Å². The topological polar surface area (TPSA) is 54.0 Å². The zero-order chi connectivity index (χ0) is 15.1. The van der Waals surface area contributed by atoms with Crippen molar-refractivity contribution in [2.45, 2.75) is 19.9 Å². The Hall–Kier alpha value is -2.07. The Morgan fingerprint density at radius 2 is 2.05 bits per heavy atom. The van der Waals surface area contributed by atoms with Crippen LogP contribution in [0.5, 0.6) is 0 Å². The standard InChI is InChI=1S/C16H18ClN3O/c1-2-9-18-13-7-8-15(19-11-13)16(21)20-10-12-5-3-4-6-14(12)17/h3-8,11,18H,2,9-10H2,1H3,(H,20,21). The van der Waals surface area contributed by atoms with Crippen LogP contribution in [0.2, 0.25) is 5.02 Å². The molecule has 1 heterocycles. The lowest BCUT2D eigenvalue weighted by atomic mass is 10.2. The number of nitrogens with one attached hydrogen (secondary N) is 2. The van der Waals surface area contributed by atoms with Gasteiger partial charge < -0.3 is 10.6 Å². The van der Waals surface area contributed by atoms with Gasteiger partial charge in [-0.3, -0.25) is 4.79 Å². The van der Waals surface area contributed by atoms with E-state index in [1.807, 2.05) is 24.3 Å². The zero-order valence-corrected chi connectivity index (χ0v) is 12.7. The van der Waals surface area contributed by atoms with Crippen LogP contribution in [0, 0.1) is 0 Å². The number of nitrogens with zero attached hydrogens (tertiary/aromatic N) is 1. The normalized spacial score (nSPS) is 10.2. The van der Waals surface area contributed by atoms with Crippen LogP contribution in [0.1, 0.15) is 29.4 Å². The molecule has 110 valence electrons. The maximum atomic E-state index is 12.0. The molecule has 1 amide bonds. The van der Waals surface area contributed by atoms with Gasteiger partial charge >= 0.3 is 0 Å². The fourth-order valence-electron chi connectivity index (χ4n) is 1.81. The lowest BCUT2D eigenvalue weighted by Gasteiger charge is -2.08. The third-order valence-electron chi connectivity index (χ3n) is 2.97. The molecule has 0 saturated carbocycles. The highest BCUT2D eigenvalue weighted by atomic mass is 35.5. The van der Waals surface area contributed by atoms with Crippen molar-refractivity contribution in [2.75, 3.05) is 11.9 Å². The van der Waals surface area contributed by atoms with Crippen molar-refractivity contribution in [3.8, 4) is 0 Å². The Kier molecular flexibility index (Phi) is 5.58. The molecule has 0 aliphatic heterocycles. The fourth-order valence-corrected chi connectivity index (χ4v) is 2.01. The van der Waals surface area contributed by atoms with E-state index in [1.165, 1.54) is 0 Å². The van der Waals surface area contributed by atoms with Gasteiger partial charge in [0.2, 0.25) is 0 Å². The van der Waals surface area contributed by atoms with Crippen molar-refractivity contribution in [2.24, 2.45) is 0 Å². The summed E-state index contributed by atoms with van der Waals surface area (Å²) in [7, 11) is 0. The first kappa shape index (κ1) is 15.3. The molecule has 2 N–H and O–H groups in total. The number of benzene rings is 1. The van der Waals surface area contributed by atoms with E-state index in [0.717, 1.165) is 24.2 Å². The highest BCUT2D eigenvalue weighted by Gasteiger charge is 2.07. The van der Waals surface area contributed by atoms with Gasteiger partial charge in [-0.2, -0.15) is 0 Å². The van der Waals surface area contributed by atoms with Crippen LogP contribution in [0.15, 0.2) is 42.6 Å². The van der Waals surface area contributed by atoms with E-state index in [0.29, 0.717) is 17.3 Å². The highest BCUT2D eigenvalue weighted by Crippen LogP contribution is 2.14. The highest BCUT2D eigenvalue weighted by molar-refractivity contribution is 6.31. The SMILES string of the molecule is CCCNc1ccc(C(=O)NCc2ccccc2Cl)nc1. The van der Waals surface area contributed by atoms with Gasteiger partial charge in [-0.25, -0.2) is 4.98 Å². The molecule has 0 radical (unpaired) electrons. The monoisotopic (exact) mass is 303 g/mol. The van der Waals surface area contributed by atoms with E-state index < -0.39 is 0 Å². The van der Waals surface area contributed by atoms with Gasteiger partial charge in [-0.1, -0.05) is 36.7 Å². The van der Waals surface area contributed by atoms with Gasteiger partial charge in [0.1, 0.15) is 5.69 Å². The van der Waals surface area contributed by atoms with Gasteiger partial charge in [0.05, 0.1) is 11.9 Å². The quantitative estimate of drug-likeness (QED) is 0.859. The van der Waals surface area contributed by atoms with E-state index in [4.69, 9.17) is 11.6 Å². The summed E-state index contributed by atoms with van der Waals surface area (Å²) >= 11 is 6.05. The van der Waals surface area contributed by atoms with Crippen molar-refractivity contribution in [1.29, 1.82) is 0 Å². The molecule has 4 nitrogen and oxygen atoms in total. The average Bonchev–Trinajstić information content (AvgIpc) is 2.52. The third-order valence-corrected chi connectivity index (χ3v) is 3.34. The number of anilines is 1. The van der Waals surface area contributed by atoms with Crippen LogP contribution >= 0.6 is 11.6 Å². The van der Waals surface area contributed by atoms with Crippen LogP contribution in [0.3, 0.4) is 0 Å². The average molecular weight is 304 g/mol. The Morgan fingerprint density at radius 1 is 1.24 bits per heavy atom. The van der Waals surface area contributed by atoms with Crippen LogP contribution in [0.25, 0.3) is 0 Å². The Bertz CT molecular complexity index is 599. The van der Waals surface area contributed by atoms with Gasteiger partial charge in [0.25, 0.3) is 5.91 Å². The number of hydrogen-bond acceptors (Lipinski definition) is 3. The second-order valence-corrected chi connectivity index (χ2v) is 5.04. The molecule has 0 fully saturated rings. The minimum atomic E-state index is -0.211. The molecule has 0 atom stereocenters. The Morgan fingerprint density at radius 3 is 2.71 bits per heavy atom. The van der Waals surface area contributed by atoms with Crippen molar-refractivity contribution in [1.82, 2.24) is 10.3 Å². The zero-order valence-electron chi connectivity index (χ0n) is 11.9. The maximum absolute atomic E-state index is 12.0. The number of rotatable bonds is 6. The molecule has 5 heteroatoms. The number of amides is 1. The van der Waals surface area contributed by atoms with E-state index in [1.54, 1.807) is 18.3 Å². The van der Waals surface area contributed by atoms with Crippen molar-refractivity contribution < 1.29 is 4.79 Å². The summed E-state index contributed by atoms with van der Waals surface area (Å²) in [4.78, 5) is 16.2. The molecular formula is C16H18ClN3O. The lowest BCUT2D eigenvalue weighted by molar-refractivity contribution is 0.0946. The second-order valence-electron chi connectivity index (χ2n) is 4.63. The van der Waals surface area contributed by atoms with Gasteiger partial charge in [0, 0.05) is 18.1 Å². The molecule has 21 heavy (non-hydrogen) atoms. The first-order valence-electron chi connectivity index (χ1n) is 6.92. The Balaban J connectivity index is 1.93. The predicted octanol–water partition coefficient (Wildman–Crippen LogP) is 3.49. The molecule has 0 aliphatic carbocycles. The van der Waals surface area contributed by atoms with Gasteiger partial charge in [0.15, 0.2) is 0 Å².